The number of anilines is 2. The van der Waals surface area contributed by atoms with Crippen LogP contribution < -0.4 is 15.0 Å². The number of alkyl halides is 3. The molecule has 156 valence electrons. The van der Waals surface area contributed by atoms with Gasteiger partial charge in [0.25, 0.3) is 0 Å². The number of aromatic nitrogens is 3. The zero-order valence-corrected chi connectivity index (χ0v) is 15.8. The van der Waals surface area contributed by atoms with Gasteiger partial charge in [-0.3, -0.25) is 9.11 Å². The highest BCUT2D eigenvalue weighted by molar-refractivity contribution is 8.24. The predicted octanol–water partition coefficient (Wildman–Crippen LogP) is 2.90. The SMILES string of the molecule is Cc1ccc(CNc2nc(OCC(F)(F)F)nc(N3CCS(O)(O)CC3)n2)o1. The predicted molar refractivity (Wildman–Crippen MR) is 96.9 cm³/mol. The van der Waals surface area contributed by atoms with Crippen LogP contribution in [0, 0.1) is 6.92 Å². The zero-order chi connectivity index (χ0) is 20.4. The average molecular weight is 423 g/mol. The Morgan fingerprint density at radius 3 is 2.54 bits per heavy atom. The van der Waals surface area contributed by atoms with Crippen LogP contribution in [0.3, 0.4) is 0 Å². The summed E-state index contributed by atoms with van der Waals surface area (Å²) in [6.07, 6.45) is -4.53. The third kappa shape index (κ3) is 5.87. The van der Waals surface area contributed by atoms with E-state index < -0.39 is 29.4 Å². The molecule has 0 aliphatic carbocycles. The lowest BCUT2D eigenvalue weighted by Gasteiger charge is -2.40. The molecule has 13 heteroatoms. The number of aryl methyl sites for hydroxylation is 1. The quantitative estimate of drug-likeness (QED) is 0.645. The van der Waals surface area contributed by atoms with Crippen molar-refractivity contribution in [2.45, 2.75) is 19.6 Å². The van der Waals surface area contributed by atoms with Crippen LogP contribution in [0.4, 0.5) is 25.1 Å². The van der Waals surface area contributed by atoms with Gasteiger partial charge < -0.3 is 19.4 Å². The molecule has 2 aromatic heterocycles. The van der Waals surface area contributed by atoms with E-state index in [1.165, 1.54) is 0 Å². The number of halogens is 3. The van der Waals surface area contributed by atoms with Crippen LogP contribution in [-0.4, -0.2) is 61.4 Å². The second-order valence-corrected chi connectivity index (χ2v) is 8.63. The van der Waals surface area contributed by atoms with Gasteiger partial charge in [-0.25, -0.2) is 0 Å². The molecule has 0 spiro atoms. The lowest BCUT2D eigenvalue weighted by molar-refractivity contribution is -0.154. The summed E-state index contributed by atoms with van der Waals surface area (Å²) in [4.78, 5) is 13.6. The minimum Gasteiger partial charge on any atom is -0.465 e. The van der Waals surface area contributed by atoms with Crippen LogP contribution in [-0.2, 0) is 6.54 Å². The molecule has 0 aromatic carbocycles. The first-order valence-electron chi connectivity index (χ1n) is 8.33. The molecule has 0 radical (unpaired) electrons. The highest BCUT2D eigenvalue weighted by atomic mass is 32.3. The Kier molecular flexibility index (Phi) is 5.86. The summed E-state index contributed by atoms with van der Waals surface area (Å²) in [6.45, 7) is 0.975. The third-order valence-electron chi connectivity index (χ3n) is 3.84. The number of rotatable bonds is 6. The fourth-order valence-electron chi connectivity index (χ4n) is 2.45. The van der Waals surface area contributed by atoms with Crippen molar-refractivity contribution in [1.82, 2.24) is 15.0 Å². The summed E-state index contributed by atoms with van der Waals surface area (Å²) in [5.74, 6) is 1.70. The Bertz CT molecular complexity index is 807. The van der Waals surface area contributed by atoms with Gasteiger partial charge in [0.15, 0.2) is 6.61 Å². The summed E-state index contributed by atoms with van der Waals surface area (Å²) >= 11 is 0. The molecule has 0 unspecified atom stereocenters. The van der Waals surface area contributed by atoms with Gasteiger partial charge in [0, 0.05) is 13.1 Å². The van der Waals surface area contributed by atoms with Crippen molar-refractivity contribution in [3.05, 3.63) is 23.7 Å². The summed E-state index contributed by atoms with van der Waals surface area (Å²) in [5.41, 5.74) is 0. The van der Waals surface area contributed by atoms with Crippen LogP contribution in [0.15, 0.2) is 16.5 Å². The normalized spacial score (nSPS) is 18.0. The fourth-order valence-corrected chi connectivity index (χ4v) is 3.68. The smallest absolute Gasteiger partial charge is 0.422 e. The molecular weight excluding hydrogens is 403 g/mol. The average Bonchev–Trinajstić information content (AvgIpc) is 3.03. The van der Waals surface area contributed by atoms with Crippen LogP contribution >= 0.6 is 10.6 Å². The standard InChI is InChI=1S/C15H20F3N5O4S/c1-10-2-3-11(27-10)8-19-12-20-13(23-4-6-28(24,25)7-5-23)22-14(21-12)26-9-15(16,17)18/h2-3,24-25H,4-9H2,1H3,(H,19,20,21,22). The summed E-state index contributed by atoms with van der Waals surface area (Å²) in [5, 5.41) is 2.87. The Morgan fingerprint density at radius 2 is 1.93 bits per heavy atom. The van der Waals surface area contributed by atoms with Crippen molar-refractivity contribution < 1.29 is 31.4 Å². The molecule has 0 amide bonds. The first-order valence-corrected chi connectivity index (χ1v) is 10.2. The Morgan fingerprint density at radius 1 is 1.21 bits per heavy atom. The molecule has 3 heterocycles. The Hall–Kier alpha value is -2.25. The van der Waals surface area contributed by atoms with E-state index in [0.29, 0.717) is 5.76 Å². The Balaban J connectivity index is 1.77. The second-order valence-electron chi connectivity index (χ2n) is 6.21. The molecule has 3 rings (SSSR count). The minimum absolute atomic E-state index is 0.0217. The van der Waals surface area contributed by atoms with Gasteiger partial charge in [-0.2, -0.15) is 38.7 Å². The van der Waals surface area contributed by atoms with Gasteiger partial charge in [-0.05, 0) is 19.1 Å². The monoisotopic (exact) mass is 423 g/mol. The molecule has 1 fully saturated rings. The van der Waals surface area contributed by atoms with E-state index in [0.717, 1.165) is 5.76 Å². The lowest BCUT2D eigenvalue weighted by atomic mass is 10.4. The topological polar surface area (TPSA) is 117 Å². The molecule has 0 atom stereocenters. The highest BCUT2D eigenvalue weighted by Crippen LogP contribution is 2.40. The van der Waals surface area contributed by atoms with E-state index >= 15 is 0 Å². The number of ether oxygens (including phenoxy) is 1. The number of hydrogen-bond donors (Lipinski definition) is 3. The summed E-state index contributed by atoms with van der Waals surface area (Å²) < 4.78 is 66.9. The number of furan rings is 1. The van der Waals surface area contributed by atoms with Crippen LogP contribution in [0.5, 0.6) is 6.01 Å². The van der Waals surface area contributed by atoms with Gasteiger partial charge in [-0.15, -0.1) is 0 Å². The minimum atomic E-state index is -4.53. The van der Waals surface area contributed by atoms with Gasteiger partial charge in [0.1, 0.15) is 11.5 Å². The fraction of sp³-hybridized carbons (Fsp3) is 0.533. The maximum absolute atomic E-state index is 12.5. The first-order chi connectivity index (χ1) is 13.1. The Labute approximate surface area is 160 Å². The van der Waals surface area contributed by atoms with E-state index in [2.05, 4.69) is 25.0 Å². The number of hydrogen-bond acceptors (Lipinski definition) is 9. The summed E-state index contributed by atoms with van der Waals surface area (Å²) in [6, 6.07) is 3.05. The lowest BCUT2D eigenvalue weighted by Crippen LogP contribution is -2.39. The van der Waals surface area contributed by atoms with Crippen molar-refractivity contribution in [1.29, 1.82) is 0 Å². The number of nitrogens with one attached hydrogen (secondary N) is 1. The zero-order valence-electron chi connectivity index (χ0n) is 14.9. The maximum atomic E-state index is 12.5. The van der Waals surface area contributed by atoms with Crippen molar-refractivity contribution in [2.24, 2.45) is 0 Å². The molecule has 3 N–H and O–H groups in total. The molecule has 1 aliphatic rings. The molecule has 1 aliphatic heterocycles. The van der Waals surface area contributed by atoms with Gasteiger partial charge in [-0.1, -0.05) is 0 Å². The number of nitrogens with zero attached hydrogens (tertiary/aromatic N) is 4. The van der Waals surface area contributed by atoms with Crippen molar-refractivity contribution >= 4 is 22.5 Å². The van der Waals surface area contributed by atoms with Crippen molar-refractivity contribution in [3.63, 3.8) is 0 Å². The van der Waals surface area contributed by atoms with Gasteiger partial charge in [0.2, 0.25) is 11.9 Å². The molecule has 1 saturated heterocycles. The van der Waals surface area contributed by atoms with E-state index in [4.69, 9.17) is 4.42 Å². The third-order valence-corrected chi connectivity index (χ3v) is 5.52. The molecule has 9 nitrogen and oxygen atoms in total. The highest BCUT2D eigenvalue weighted by Gasteiger charge is 2.30. The first kappa shape index (κ1) is 20.5. The molecule has 0 saturated carbocycles. The van der Waals surface area contributed by atoms with Gasteiger partial charge >= 0.3 is 12.2 Å². The van der Waals surface area contributed by atoms with E-state index in [1.54, 1.807) is 24.0 Å². The molecular formula is C15H20F3N5O4S. The summed E-state index contributed by atoms with van der Waals surface area (Å²) in [7, 11) is -2.64. The van der Waals surface area contributed by atoms with Crippen LogP contribution in [0.2, 0.25) is 0 Å². The van der Waals surface area contributed by atoms with E-state index in [9.17, 15) is 22.3 Å². The second kappa shape index (κ2) is 8.01. The van der Waals surface area contributed by atoms with Crippen molar-refractivity contribution in [3.8, 4) is 6.01 Å². The van der Waals surface area contributed by atoms with Crippen LogP contribution in [0.25, 0.3) is 0 Å². The maximum Gasteiger partial charge on any atom is 0.422 e. The van der Waals surface area contributed by atoms with Gasteiger partial charge in [0.05, 0.1) is 18.1 Å². The molecule has 0 bridgehead atoms. The van der Waals surface area contributed by atoms with Crippen molar-refractivity contribution in [2.75, 3.05) is 41.4 Å². The molecule has 28 heavy (non-hydrogen) atoms. The molecule has 2 aromatic rings. The van der Waals surface area contributed by atoms with E-state index in [1.807, 2.05) is 0 Å². The van der Waals surface area contributed by atoms with E-state index in [-0.39, 0.29) is 43.0 Å². The largest absolute Gasteiger partial charge is 0.465 e. The van der Waals surface area contributed by atoms with Crippen LogP contribution in [0.1, 0.15) is 11.5 Å².